The van der Waals surface area contributed by atoms with Crippen LogP contribution in [0.2, 0.25) is 0 Å². The van der Waals surface area contributed by atoms with Crippen molar-refractivity contribution in [2.24, 2.45) is 5.92 Å². The number of fused-ring (bicyclic) bond motifs is 2. The maximum Gasteiger partial charge on any atom is 0.408 e. The van der Waals surface area contributed by atoms with Gasteiger partial charge in [-0.25, -0.2) is 9.59 Å². The molecule has 1 unspecified atom stereocenters. The van der Waals surface area contributed by atoms with Crippen LogP contribution in [-0.2, 0) is 23.9 Å². The largest absolute Gasteiger partial charge is 0.464 e. The van der Waals surface area contributed by atoms with Crippen molar-refractivity contribution in [3.05, 3.63) is 18.0 Å². The molecule has 1 saturated carbocycles. The van der Waals surface area contributed by atoms with Crippen LogP contribution in [-0.4, -0.2) is 85.8 Å². The molecule has 13 nitrogen and oxygen atoms in total. The van der Waals surface area contributed by atoms with E-state index in [2.05, 4.69) is 31.3 Å². The molecular weight excluding hydrogens is 506 g/mol. The van der Waals surface area contributed by atoms with Crippen molar-refractivity contribution in [3.8, 4) is 0 Å². The van der Waals surface area contributed by atoms with Gasteiger partial charge < -0.3 is 25.0 Å². The van der Waals surface area contributed by atoms with Crippen LogP contribution < -0.4 is 10.6 Å². The van der Waals surface area contributed by atoms with Crippen molar-refractivity contribution in [2.75, 3.05) is 13.2 Å². The Kier molecular flexibility index (Phi) is 8.55. The predicted octanol–water partition coefficient (Wildman–Crippen LogP) is 1.74. The number of nitrogens with zero attached hydrogens (tertiary/aromatic N) is 4. The summed E-state index contributed by atoms with van der Waals surface area (Å²) in [6.45, 7) is 7.33. The molecule has 1 aromatic heterocycles. The standard InChI is InChI=1S/C26H39N7O6/c1-5-38-23(36)26-14-17(26)11-9-7-6-8-10-12-18(27-24(37)39-25(2,3)4)22(35)33-15-16(20-29-31-32-30-20)13-19(33)21(34)28-26/h9,11,16-19H,5-8,10,12-15H2,1-4H3,(H,27,37)(H,28,34)(H,29,30,31,32)/b11-9-/t16-,17?,18+,19+,26-/m1/s1. The average molecular weight is 546 g/mol. The lowest BCUT2D eigenvalue weighted by Crippen LogP contribution is -2.56. The molecule has 4 rings (SSSR count). The van der Waals surface area contributed by atoms with Gasteiger partial charge in [-0.05, 0) is 59.8 Å². The molecule has 13 heteroatoms. The topological polar surface area (TPSA) is 168 Å². The van der Waals surface area contributed by atoms with Crippen molar-refractivity contribution in [2.45, 2.75) is 102 Å². The Bertz CT molecular complexity index is 1090. The van der Waals surface area contributed by atoms with Gasteiger partial charge in [-0.2, -0.15) is 5.21 Å². The summed E-state index contributed by atoms with van der Waals surface area (Å²) >= 11 is 0. The summed E-state index contributed by atoms with van der Waals surface area (Å²) in [7, 11) is 0. The van der Waals surface area contributed by atoms with Gasteiger partial charge in [0, 0.05) is 18.4 Å². The number of aromatic nitrogens is 4. The quantitative estimate of drug-likeness (QED) is 0.377. The van der Waals surface area contributed by atoms with Crippen LogP contribution in [0.4, 0.5) is 4.79 Å². The van der Waals surface area contributed by atoms with Gasteiger partial charge in [0.15, 0.2) is 5.82 Å². The minimum absolute atomic E-state index is 0.165. The van der Waals surface area contributed by atoms with E-state index in [1.807, 2.05) is 12.2 Å². The fourth-order valence-electron chi connectivity index (χ4n) is 5.33. The van der Waals surface area contributed by atoms with Crippen LogP contribution in [0.25, 0.3) is 0 Å². The zero-order valence-corrected chi connectivity index (χ0v) is 23.1. The monoisotopic (exact) mass is 545 g/mol. The number of allylic oxidation sites excluding steroid dienone is 1. The first-order valence-electron chi connectivity index (χ1n) is 13.7. The van der Waals surface area contributed by atoms with Crippen LogP contribution >= 0.6 is 0 Å². The van der Waals surface area contributed by atoms with E-state index < -0.39 is 47.1 Å². The number of rotatable bonds is 4. The Balaban J connectivity index is 1.63. The zero-order valence-electron chi connectivity index (χ0n) is 23.1. The number of aromatic amines is 1. The van der Waals surface area contributed by atoms with E-state index in [9.17, 15) is 19.2 Å². The summed E-state index contributed by atoms with van der Waals surface area (Å²) in [5.41, 5.74) is -1.89. The maximum atomic E-state index is 13.9. The Morgan fingerprint density at radius 2 is 2.03 bits per heavy atom. The molecule has 3 heterocycles. The van der Waals surface area contributed by atoms with Gasteiger partial charge in [-0.15, -0.1) is 10.2 Å². The van der Waals surface area contributed by atoms with Crippen LogP contribution in [0.5, 0.6) is 0 Å². The normalized spacial score (nSPS) is 30.6. The van der Waals surface area contributed by atoms with E-state index in [-0.39, 0.29) is 31.4 Å². The van der Waals surface area contributed by atoms with E-state index in [0.29, 0.717) is 25.1 Å². The van der Waals surface area contributed by atoms with Crippen molar-refractivity contribution in [3.63, 3.8) is 0 Å². The molecule has 3 amide bonds. The first-order chi connectivity index (χ1) is 18.5. The van der Waals surface area contributed by atoms with Crippen LogP contribution in [0, 0.1) is 5.92 Å². The summed E-state index contributed by atoms with van der Waals surface area (Å²) in [4.78, 5) is 54.8. The lowest BCUT2D eigenvalue weighted by atomic mass is 10.0. The molecule has 1 aromatic rings. The number of esters is 1. The Morgan fingerprint density at radius 1 is 1.23 bits per heavy atom. The fourth-order valence-corrected chi connectivity index (χ4v) is 5.33. The third-order valence-electron chi connectivity index (χ3n) is 7.34. The summed E-state index contributed by atoms with van der Waals surface area (Å²) < 4.78 is 10.7. The minimum Gasteiger partial charge on any atom is -0.464 e. The maximum absolute atomic E-state index is 13.9. The Morgan fingerprint density at radius 3 is 2.72 bits per heavy atom. The van der Waals surface area contributed by atoms with Gasteiger partial charge in [0.05, 0.1) is 6.61 Å². The van der Waals surface area contributed by atoms with E-state index in [4.69, 9.17) is 9.47 Å². The van der Waals surface area contributed by atoms with Crippen molar-refractivity contribution in [1.29, 1.82) is 0 Å². The molecular formula is C26H39N7O6. The number of hydrogen-bond acceptors (Lipinski definition) is 9. The van der Waals surface area contributed by atoms with E-state index in [1.54, 1.807) is 27.7 Å². The number of amides is 3. The zero-order chi connectivity index (χ0) is 28.2. The first kappa shape index (κ1) is 28.5. The number of tetrazole rings is 1. The average Bonchev–Trinajstić information content (AvgIpc) is 3.20. The van der Waals surface area contributed by atoms with Crippen molar-refractivity contribution >= 4 is 23.9 Å². The predicted molar refractivity (Wildman–Crippen MR) is 138 cm³/mol. The SMILES string of the molecule is CCOC(=O)[C@@]12CC1/C=C\CCCCC[C@H](NC(=O)OC(C)(C)C)C(=O)N1C[C@H](c3nn[nH]n3)C[C@H]1C(=O)N2. The van der Waals surface area contributed by atoms with Gasteiger partial charge >= 0.3 is 12.1 Å². The molecule has 2 fully saturated rings. The number of ether oxygens (including phenoxy) is 2. The molecule has 3 aliphatic rings. The first-order valence-corrected chi connectivity index (χ1v) is 13.7. The highest BCUT2D eigenvalue weighted by molar-refractivity contribution is 5.96. The number of carbonyl (C=O) groups is 4. The van der Waals surface area contributed by atoms with E-state index in [1.165, 1.54) is 4.90 Å². The second kappa shape index (κ2) is 11.7. The molecule has 39 heavy (non-hydrogen) atoms. The van der Waals surface area contributed by atoms with Crippen LogP contribution in [0.15, 0.2) is 12.2 Å². The molecule has 0 aromatic carbocycles. The third-order valence-corrected chi connectivity index (χ3v) is 7.34. The van der Waals surface area contributed by atoms with Crippen LogP contribution in [0.3, 0.4) is 0 Å². The highest BCUT2D eigenvalue weighted by atomic mass is 16.6. The fraction of sp³-hybridized carbons (Fsp3) is 0.731. The van der Waals surface area contributed by atoms with Gasteiger partial charge in [0.2, 0.25) is 11.8 Å². The van der Waals surface area contributed by atoms with Gasteiger partial charge in [0.25, 0.3) is 0 Å². The minimum atomic E-state index is -1.16. The van der Waals surface area contributed by atoms with Gasteiger partial charge in [-0.3, -0.25) is 9.59 Å². The second-order valence-electron chi connectivity index (χ2n) is 11.5. The highest BCUT2D eigenvalue weighted by Crippen LogP contribution is 2.46. The lowest BCUT2D eigenvalue weighted by Gasteiger charge is -2.30. The summed E-state index contributed by atoms with van der Waals surface area (Å²) in [6.07, 6.45) is 7.65. The van der Waals surface area contributed by atoms with E-state index >= 15 is 0 Å². The number of hydrogen-bond donors (Lipinski definition) is 3. The smallest absolute Gasteiger partial charge is 0.408 e. The van der Waals surface area contributed by atoms with Gasteiger partial charge in [-0.1, -0.05) is 30.2 Å². The summed E-state index contributed by atoms with van der Waals surface area (Å²) in [5.74, 6) is -1.46. The molecule has 214 valence electrons. The van der Waals surface area contributed by atoms with Crippen molar-refractivity contribution in [1.82, 2.24) is 36.2 Å². The Hall–Kier alpha value is -3.51. The summed E-state index contributed by atoms with van der Waals surface area (Å²) in [5, 5.41) is 19.8. The molecule has 1 aliphatic carbocycles. The van der Waals surface area contributed by atoms with Crippen molar-refractivity contribution < 1.29 is 28.7 Å². The number of alkyl carbamates (subject to hydrolysis) is 1. The Labute approximate surface area is 227 Å². The molecule has 0 radical (unpaired) electrons. The van der Waals surface area contributed by atoms with Crippen LogP contribution in [0.1, 0.15) is 84.4 Å². The second-order valence-corrected chi connectivity index (χ2v) is 11.5. The molecule has 0 spiro atoms. The molecule has 3 N–H and O–H groups in total. The number of nitrogens with one attached hydrogen (secondary N) is 3. The highest BCUT2D eigenvalue weighted by Gasteiger charge is 2.62. The van der Waals surface area contributed by atoms with Gasteiger partial charge in [0.1, 0.15) is 23.2 Å². The summed E-state index contributed by atoms with van der Waals surface area (Å²) in [6, 6.07) is -1.78. The molecule has 5 atom stereocenters. The molecule has 2 aliphatic heterocycles. The molecule has 1 saturated heterocycles. The number of carbonyl (C=O) groups excluding carboxylic acids is 4. The molecule has 0 bridgehead atoms. The van der Waals surface area contributed by atoms with E-state index in [0.717, 1.165) is 19.3 Å². The third kappa shape index (κ3) is 6.74. The lowest BCUT2D eigenvalue weighted by molar-refractivity contribution is -0.150. The number of H-pyrrole nitrogens is 1.